The molecule has 0 bridgehead atoms. The Balaban J connectivity index is 2.10. The maximum atomic E-state index is 13.9. The SMILES string of the molecule is CC[C@@H](C(=O)NC)N(Cc1ccc(Cl)cc1)C(=O)CN(c1cccc(Cl)c1Cl)S(=O)(=O)c1ccc(C)cc1. The van der Waals surface area contributed by atoms with Gasteiger partial charge in [0.2, 0.25) is 11.8 Å². The predicted octanol–water partition coefficient (Wildman–Crippen LogP) is 5.70. The summed E-state index contributed by atoms with van der Waals surface area (Å²) in [5.74, 6) is -0.967. The molecule has 0 radical (unpaired) electrons. The second kappa shape index (κ2) is 12.8. The van der Waals surface area contributed by atoms with E-state index in [1.165, 1.54) is 36.2 Å². The summed E-state index contributed by atoms with van der Waals surface area (Å²) in [6.07, 6.45) is 0.307. The molecule has 3 aromatic carbocycles. The second-order valence-corrected chi connectivity index (χ2v) is 11.7. The van der Waals surface area contributed by atoms with Gasteiger partial charge in [-0.3, -0.25) is 13.9 Å². The Labute approximate surface area is 238 Å². The largest absolute Gasteiger partial charge is 0.357 e. The lowest BCUT2D eigenvalue weighted by Gasteiger charge is -2.33. The third-order valence-electron chi connectivity index (χ3n) is 5.99. The molecular weight excluding hydrogens is 569 g/mol. The van der Waals surface area contributed by atoms with E-state index in [2.05, 4.69) is 5.32 Å². The number of hydrogen-bond donors (Lipinski definition) is 1. The monoisotopic (exact) mass is 595 g/mol. The zero-order chi connectivity index (χ0) is 28.0. The van der Waals surface area contributed by atoms with Crippen molar-refractivity contribution in [2.45, 2.75) is 37.8 Å². The van der Waals surface area contributed by atoms with Crippen LogP contribution in [0.25, 0.3) is 0 Å². The molecule has 0 heterocycles. The molecule has 0 aliphatic rings. The van der Waals surface area contributed by atoms with Crippen molar-refractivity contribution in [3.05, 3.63) is 92.9 Å². The molecule has 1 atom stereocenters. The Morgan fingerprint density at radius 3 is 2.16 bits per heavy atom. The van der Waals surface area contributed by atoms with Crippen molar-refractivity contribution in [2.75, 3.05) is 17.9 Å². The molecular formula is C27H28Cl3N3O4S. The first-order chi connectivity index (χ1) is 18.0. The molecule has 2 amide bonds. The summed E-state index contributed by atoms with van der Waals surface area (Å²) in [7, 11) is -2.77. The molecule has 0 spiro atoms. The Morgan fingerprint density at radius 2 is 1.58 bits per heavy atom. The molecule has 3 aromatic rings. The molecule has 11 heteroatoms. The number of likely N-dealkylation sites (N-methyl/N-ethyl adjacent to an activating group) is 1. The van der Waals surface area contributed by atoms with Crippen molar-refractivity contribution in [1.82, 2.24) is 10.2 Å². The van der Waals surface area contributed by atoms with E-state index in [1.807, 2.05) is 6.92 Å². The van der Waals surface area contributed by atoms with E-state index in [4.69, 9.17) is 34.8 Å². The van der Waals surface area contributed by atoms with E-state index in [0.717, 1.165) is 15.4 Å². The summed E-state index contributed by atoms with van der Waals surface area (Å²) >= 11 is 18.7. The van der Waals surface area contributed by atoms with Gasteiger partial charge in [0.15, 0.2) is 0 Å². The predicted molar refractivity (Wildman–Crippen MR) is 152 cm³/mol. The number of anilines is 1. The lowest BCUT2D eigenvalue weighted by atomic mass is 10.1. The molecule has 0 saturated carbocycles. The normalized spacial score (nSPS) is 12.1. The first kappa shape index (κ1) is 29.8. The van der Waals surface area contributed by atoms with Crippen molar-refractivity contribution in [3.8, 4) is 0 Å². The fourth-order valence-corrected chi connectivity index (χ4v) is 5.91. The van der Waals surface area contributed by atoms with E-state index < -0.39 is 28.5 Å². The van der Waals surface area contributed by atoms with Gasteiger partial charge in [0.1, 0.15) is 12.6 Å². The van der Waals surface area contributed by atoms with E-state index in [0.29, 0.717) is 11.4 Å². The number of carbonyl (C=O) groups is 2. The molecule has 0 aromatic heterocycles. The van der Waals surface area contributed by atoms with Gasteiger partial charge in [0.05, 0.1) is 20.6 Å². The van der Waals surface area contributed by atoms with Gasteiger partial charge in [-0.15, -0.1) is 0 Å². The Morgan fingerprint density at radius 1 is 0.947 bits per heavy atom. The summed E-state index contributed by atoms with van der Waals surface area (Å²) in [5, 5.41) is 3.23. The number of hydrogen-bond acceptors (Lipinski definition) is 4. The minimum Gasteiger partial charge on any atom is -0.357 e. The zero-order valence-electron chi connectivity index (χ0n) is 21.1. The van der Waals surface area contributed by atoms with E-state index in [9.17, 15) is 18.0 Å². The summed E-state index contributed by atoms with van der Waals surface area (Å²) in [6.45, 7) is 3.06. The standard InChI is InChI=1S/C27H28Cl3N3O4S/c1-4-23(27(35)31-3)32(16-19-10-12-20(28)13-11-19)25(34)17-33(24-7-5-6-22(29)26(24)30)38(36,37)21-14-8-18(2)9-15-21/h5-15,23H,4,16-17H2,1-3H3,(H,31,35)/t23-/m0/s1. The third kappa shape index (κ3) is 6.80. The van der Waals surface area contributed by atoms with Crippen LogP contribution in [0.2, 0.25) is 15.1 Å². The quantitative estimate of drug-likeness (QED) is 0.325. The van der Waals surface area contributed by atoms with Gasteiger partial charge in [-0.2, -0.15) is 0 Å². The average Bonchev–Trinajstić information content (AvgIpc) is 2.90. The fourth-order valence-electron chi connectivity index (χ4n) is 3.91. The van der Waals surface area contributed by atoms with Crippen LogP contribution in [0.1, 0.15) is 24.5 Å². The summed E-state index contributed by atoms with van der Waals surface area (Å²) in [5.41, 5.74) is 1.64. The highest BCUT2D eigenvalue weighted by atomic mass is 35.5. The van der Waals surface area contributed by atoms with E-state index >= 15 is 0 Å². The van der Waals surface area contributed by atoms with Crippen LogP contribution in [0, 0.1) is 6.92 Å². The topological polar surface area (TPSA) is 86.8 Å². The van der Waals surface area contributed by atoms with Crippen molar-refractivity contribution < 1.29 is 18.0 Å². The van der Waals surface area contributed by atoms with Crippen LogP contribution in [0.5, 0.6) is 0 Å². The number of nitrogens with one attached hydrogen (secondary N) is 1. The lowest BCUT2D eigenvalue weighted by molar-refractivity contribution is -0.140. The number of nitrogens with zero attached hydrogens (tertiary/aromatic N) is 2. The fraction of sp³-hybridized carbons (Fsp3) is 0.259. The molecule has 1 N–H and O–H groups in total. The molecule has 0 fully saturated rings. The molecule has 0 aliphatic heterocycles. The summed E-state index contributed by atoms with van der Waals surface area (Å²) in [6, 6.07) is 16.8. The van der Waals surface area contributed by atoms with Gasteiger partial charge in [0, 0.05) is 18.6 Å². The number of carbonyl (C=O) groups excluding carboxylic acids is 2. The summed E-state index contributed by atoms with van der Waals surface area (Å²) in [4.78, 5) is 28.0. The maximum absolute atomic E-state index is 13.9. The minimum absolute atomic E-state index is 0.0137. The molecule has 0 aliphatic carbocycles. The average molecular weight is 597 g/mol. The first-order valence-corrected chi connectivity index (χ1v) is 14.4. The Bertz CT molecular complexity index is 1400. The van der Waals surface area contributed by atoms with Crippen LogP contribution >= 0.6 is 34.8 Å². The molecule has 202 valence electrons. The van der Waals surface area contributed by atoms with Crippen LogP contribution in [0.3, 0.4) is 0 Å². The molecule has 38 heavy (non-hydrogen) atoms. The maximum Gasteiger partial charge on any atom is 0.264 e. The lowest BCUT2D eigenvalue weighted by Crippen LogP contribution is -2.51. The van der Waals surface area contributed by atoms with Crippen LogP contribution in [0.15, 0.2) is 71.6 Å². The van der Waals surface area contributed by atoms with Crippen molar-refractivity contribution in [2.24, 2.45) is 0 Å². The third-order valence-corrected chi connectivity index (χ3v) is 8.82. The van der Waals surface area contributed by atoms with Crippen LogP contribution in [-0.2, 0) is 26.2 Å². The summed E-state index contributed by atoms with van der Waals surface area (Å²) < 4.78 is 28.6. The molecule has 7 nitrogen and oxygen atoms in total. The minimum atomic E-state index is -4.25. The van der Waals surface area contributed by atoms with Gasteiger partial charge in [-0.1, -0.05) is 77.6 Å². The number of benzene rings is 3. The number of rotatable bonds is 10. The smallest absolute Gasteiger partial charge is 0.264 e. The van der Waals surface area contributed by atoms with Gasteiger partial charge in [-0.05, 0) is 55.3 Å². The number of halogens is 3. The van der Waals surface area contributed by atoms with Crippen molar-refractivity contribution in [3.63, 3.8) is 0 Å². The number of amides is 2. The second-order valence-electron chi connectivity index (χ2n) is 8.58. The van der Waals surface area contributed by atoms with Crippen molar-refractivity contribution in [1.29, 1.82) is 0 Å². The highest BCUT2D eigenvalue weighted by Gasteiger charge is 2.34. The molecule has 0 unspecified atom stereocenters. The molecule has 3 rings (SSSR count). The van der Waals surface area contributed by atoms with E-state index in [1.54, 1.807) is 49.4 Å². The van der Waals surface area contributed by atoms with Crippen LogP contribution in [0.4, 0.5) is 5.69 Å². The van der Waals surface area contributed by atoms with Crippen LogP contribution in [-0.4, -0.2) is 44.8 Å². The van der Waals surface area contributed by atoms with Crippen molar-refractivity contribution >= 4 is 62.3 Å². The van der Waals surface area contributed by atoms with E-state index in [-0.39, 0.29) is 33.1 Å². The Hall–Kier alpha value is -2.78. The first-order valence-electron chi connectivity index (χ1n) is 11.8. The Kier molecular flexibility index (Phi) is 10.1. The van der Waals surface area contributed by atoms with Gasteiger partial charge in [-0.25, -0.2) is 8.42 Å². The number of sulfonamides is 1. The van der Waals surface area contributed by atoms with Gasteiger partial charge < -0.3 is 10.2 Å². The zero-order valence-corrected chi connectivity index (χ0v) is 24.2. The number of aryl methyl sites for hydroxylation is 1. The van der Waals surface area contributed by atoms with Gasteiger partial charge >= 0.3 is 0 Å². The van der Waals surface area contributed by atoms with Gasteiger partial charge in [0.25, 0.3) is 10.0 Å². The molecule has 0 saturated heterocycles. The highest BCUT2D eigenvalue weighted by Crippen LogP contribution is 2.35. The van der Waals surface area contributed by atoms with Crippen LogP contribution < -0.4 is 9.62 Å². The highest BCUT2D eigenvalue weighted by molar-refractivity contribution is 7.92.